The predicted molar refractivity (Wildman–Crippen MR) is 219 cm³/mol. The molecular weight excluding hydrogens is 629 g/mol. The standard InChI is InChI=1S/C50H38N2/c1-2-13-35(14-3-1)40-18-12-19-42(33-40)51(43-31-25-36-15-4-5-17-39(36)34-43)41-29-26-38(27-30-41)44-20-8-10-23-47(44)52-48-24-11-9-22-46(48)50-45-21-7-6-16-37(45)28-32-49(50)52/h1-5,7-15,17-34,49-50H,6,16H2. The molecule has 10 rings (SSSR count). The van der Waals surface area contributed by atoms with E-state index in [1.807, 2.05) is 0 Å². The van der Waals surface area contributed by atoms with Crippen LogP contribution in [0.3, 0.4) is 0 Å². The van der Waals surface area contributed by atoms with Crippen molar-refractivity contribution in [3.63, 3.8) is 0 Å². The van der Waals surface area contributed by atoms with Crippen LogP contribution in [0.1, 0.15) is 24.3 Å². The first-order valence-electron chi connectivity index (χ1n) is 18.4. The first-order valence-corrected chi connectivity index (χ1v) is 18.4. The van der Waals surface area contributed by atoms with Gasteiger partial charge in [-0.1, -0.05) is 146 Å². The largest absolute Gasteiger partial charge is 0.333 e. The summed E-state index contributed by atoms with van der Waals surface area (Å²) < 4.78 is 0. The Morgan fingerprint density at radius 1 is 0.500 bits per heavy atom. The Morgan fingerprint density at radius 3 is 2.10 bits per heavy atom. The first-order chi connectivity index (χ1) is 25.8. The molecule has 2 atom stereocenters. The Morgan fingerprint density at radius 2 is 1.21 bits per heavy atom. The van der Waals surface area contributed by atoms with Gasteiger partial charge in [0.2, 0.25) is 0 Å². The fourth-order valence-corrected chi connectivity index (χ4v) is 8.64. The summed E-state index contributed by atoms with van der Waals surface area (Å²) in [5, 5.41) is 2.46. The highest BCUT2D eigenvalue weighted by atomic mass is 15.2. The highest BCUT2D eigenvalue weighted by molar-refractivity contribution is 5.91. The van der Waals surface area contributed by atoms with Crippen molar-refractivity contribution in [1.82, 2.24) is 0 Å². The third-order valence-electron chi connectivity index (χ3n) is 11.1. The molecule has 248 valence electrons. The molecule has 1 heterocycles. The maximum absolute atomic E-state index is 2.59. The topological polar surface area (TPSA) is 6.48 Å². The maximum Gasteiger partial charge on any atom is 0.0635 e. The van der Waals surface area contributed by atoms with Crippen molar-refractivity contribution in [2.45, 2.75) is 24.8 Å². The lowest BCUT2D eigenvalue weighted by Crippen LogP contribution is -2.31. The van der Waals surface area contributed by atoms with Gasteiger partial charge in [-0.2, -0.15) is 0 Å². The summed E-state index contributed by atoms with van der Waals surface area (Å²) in [6, 6.07) is 62.2. The van der Waals surface area contributed by atoms with E-state index in [2.05, 4.69) is 204 Å². The Bertz CT molecular complexity index is 2540. The number of anilines is 5. The van der Waals surface area contributed by atoms with Crippen LogP contribution in [0, 0.1) is 0 Å². The van der Waals surface area contributed by atoms with Gasteiger partial charge in [0.25, 0.3) is 0 Å². The molecular formula is C50H38N2. The molecule has 0 spiro atoms. The molecule has 0 aromatic heterocycles. The summed E-state index contributed by atoms with van der Waals surface area (Å²) >= 11 is 0. The molecule has 0 amide bonds. The number of hydrogen-bond acceptors (Lipinski definition) is 2. The zero-order valence-corrected chi connectivity index (χ0v) is 28.9. The minimum atomic E-state index is 0.236. The average Bonchev–Trinajstić information content (AvgIpc) is 3.56. The highest BCUT2D eigenvalue weighted by Gasteiger charge is 2.42. The molecule has 0 bridgehead atoms. The van der Waals surface area contributed by atoms with Crippen LogP contribution in [0.4, 0.5) is 28.4 Å². The van der Waals surface area contributed by atoms with E-state index in [-0.39, 0.29) is 6.04 Å². The van der Waals surface area contributed by atoms with Gasteiger partial charge in [0.1, 0.15) is 0 Å². The van der Waals surface area contributed by atoms with Crippen LogP contribution in [0.15, 0.2) is 205 Å². The number of para-hydroxylation sites is 2. The van der Waals surface area contributed by atoms with E-state index in [0.29, 0.717) is 5.92 Å². The first kappa shape index (κ1) is 30.4. The monoisotopic (exact) mass is 666 g/mol. The van der Waals surface area contributed by atoms with Crippen molar-refractivity contribution in [1.29, 1.82) is 0 Å². The van der Waals surface area contributed by atoms with E-state index >= 15 is 0 Å². The Kier molecular flexibility index (Phi) is 7.46. The summed E-state index contributed by atoms with van der Waals surface area (Å²) in [6.45, 7) is 0. The Hall–Kier alpha value is -6.38. The SMILES string of the molecule is C1=CC2=C(C=CC3C2c2ccccc2N3c2ccccc2-c2ccc(N(c3cccc(-c4ccccc4)c3)c3ccc4ccccc4c3)cc2)CC1. The van der Waals surface area contributed by atoms with E-state index in [0.717, 1.165) is 29.9 Å². The molecule has 0 fully saturated rings. The minimum absolute atomic E-state index is 0.236. The molecule has 2 heteroatoms. The highest BCUT2D eigenvalue weighted by Crippen LogP contribution is 2.54. The van der Waals surface area contributed by atoms with Crippen LogP contribution < -0.4 is 9.80 Å². The van der Waals surface area contributed by atoms with E-state index in [4.69, 9.17) is 0 Å². The van der Waals surface area contributed by atoms with Crippen molar-refractivity contribution in [2.24, 2.45) is 0 Å². The van der Waals surface area contributed by atoms with Gasteiger partial charge in [0.05, 0.1) is 6.04 Å². The van der Waals surface area contributed by atoms with Gasteiger partial charge in [-0.05, 0) is 106 Å². The van der Waals surface area contributed by atoms with Gasteiger partial charge in [-0.3, -0.25) is 0 Å². The number of benzene rings is 7. The number of rotatable bonds is 6. The van der Waals surface area contributed by atoms with Crippen molar-refractivity contribution < 1.29 is 0 Å². The van der Waals surface area contributed by atoms with Gasteiger partial charge in [-0.25, -0.2) is 0 Å². The van der Waals surface area contributed by atoms with Crippen LogP contribution >= 0.6 is 0 Å². The van der Waals surface area contributed by atoms with E-state index < -0.39 is 0 Å². The summed E-state index contributed by atoms with van der Waals surface area (Å²) in [4.78, 5) is 4.97. The lowest BCUT2D eigenvalue weighted by molar-refractivity contribution is 0.701. The quantitative estimate of drug-likeness (QED) is 0.174. The Labute approximate surface area is 305 Å². The third-order valence-corrected chi connectivity index (χ3v) is 11.1. The second-order valence-electron chi connectivity index (χ2n) is 14.0. The number of nitrogens with zero attached hydrogens (tertiary/aromatic N) is 2. The van der Waals surface area contributed by atoms with Crippen molar-refractivity contribution >= 4 is 39.2 Å². The van der Waals surface area contributed by atoms with Gasteiger partial charge in [0.15, 0.2) is 0 Å². The molecule has 3 aliphatic rings. The van der Waals surface area contributed by atoms with Crippen molar-refractivity contribution in [2.75, 3.05) is 9.80 Å². The molecule has 52 heavy (non-hydrogen) atoms. The summed E-state index contributed by atoms with van der Waals surface area (Å²) in [5.41, 5.74) is 15.2. The fourth-order valence-electron chi connectivity index (χ4n) is 8.64. The minimum Gasteiger partial charge on any atom is -0.333 e. The molecule has 2 unspecified atom stereocenters. The third kappa shape index (κ3) is 5.18. The normalized spacial score (nSPS) is 17.2. The predicted octanol–water partition coefficient (Wildman–Crippen LogP) is 13.5. The van der Waals surface area contributed by atoms with Gasteiger partial charge in [-0.15, -0.1) is 0 Å². The maximum atomic E-state index is 2.59. The summed E-state index contributed by atoms with van der Waals surface area (Å²) in [7, 11) is 0. The van der Waals surface area contributed by atoms with Crippen LogP contribution in [-0.2, 0) is 0 Å². The molecule has 0 saturated heterocycles. The van der Waals surface area contributed by atoms with E-state index in [1.165, 1.54) is 61.1 Å². The van der Waals surface area contributed by atoms with Crippen LogP contribution in [-0.4, -0.2) is 6.04 Å². The molecule has 0 N–H and O–H groups in total. The molecule has 1 aliphatic heterocycles. The second kappa shape index (κ2) is 12.7. The Balaban J connectivity index is 1.06. The van der Waals surface area contributed by atoms with Gasteiger partial charge in [0, 0.05) is 39.9 Å². The van der Waals surface area contributed by atoms with Crippen molar-refractivity contribution in [3.8, 4) is 22.3 Å². The molecule has 2 aliphatic carbocycles. The van der Waals surface area contributed by atoms with Crippen LogP contribution in [0.5, 0.6) is 0 Å². The van der Waals surface area contributed by atoms with Gasteiger partial charge < -0.3 is 9.80 Å². The molecule has 7 aromatic rings. The smallest absolute Gasteiger partial charge is 0.0635 e. The molecule has 7 aromatic carbocycles. The van der Waals surface area contributed by atoms with Crippen molar-refractivity contribution in [3.05, 3.63) is 211 Å². The number of fused-ring (bicyclic) bond motifs is 5. The number of allylic oxidation sites excluding steroid dienone is 4. The number of hydrogen-bond donors (Lipinski definition) is 0. The summed E-state index contributed by atoms with van der Waals surface area (Å²) in [5.74, 6) is 0.338. The summed E-state index contributed by atoms with van der Waals surface area (Å²) in [6.07, 6.45) is 11.8. The average molecular weight is 667 g/mol. The molecule has 0 radical (unpaired) electrons. The van der Waals surface area contributed by atoms with E-state index in [1.54, 1.807) is 0 Å². The lowest BCUT2D eigenvalue weighted by atomic mass is 9.78. The molecule has 0 saturated carbocycles. The fraction of sp³-hybridized carbons (Fsp3) is 0.0800. The lowest BCUT2D eigenvalue weighted by Gasteiger charge is -2.34. The zero-order chi connectivity index (χ0) is 34.4. The second-order valence-corrected chi connectivity index (χ2v) is 14.0. The van der Waals surface area contributed by atoms with Crippen LogP contribution in [0.2, 0.25) is 0 Å². The van der Waals surface area contributed by atoms with Gasteiger partial charge >= 0.3 is 0 Å². The van der Waals surface area contributed by atoms with Crippen LogP contribution in [0.25, 0.3) is 33.0 Å². The molecule has 2 nitrogen and oxygen atoms in total. The zero-order valence-electron chi connectivity index (χ0n) is 28.9. The van der Waals surface area contributed by atoms with E-state index in [9.17, 15) is 0 Å².